The number of aliphatic hydroxyl groups excluding tert-OH is 1. The molecule has 0 saturated carbocycles. The van der Waals surface area contributed by atoms with Gasteiger partial charge in [-0.2, -0.15) is 0 Å². The smallest absolute Gasteiger partial charge is 0.124 e. The van der Waals surface area contributed by atoms with Crippen molar-refractivity contribution >= 4 is 0 Å². The van der Waals surface area contributed by atoms with E-state index in [0.29, 0.717) is 18.6 Å². The quantitative estimate of drug-likeness (QED) is 0.887. The SMILES string of the molecule is CCOc1ccc(CN2C[C@H]3COC[C@@H]2CN(C)C3)cc1CO. The fraction of sp³-hybridized carbons (Fsp3) is 0.667. The van der Waals surface area contributed by atoms with Crippen molar-refractivity contribution in [3.05, 3.63) is 29.3 Å². The third-order valence-electron chi connectivity index (χ3n) is 4.75. The molecule has 0 amide bonds. The molecule has 0 aromatic heterocycles. The number of likely N-dealkylation sites (N-methyl/N-ethyl adjacent to an activating group) is 1. The van der Waals surface area contributed by atoms with Gasteiger partial charge < -0.3 is 19.5 Å². The lowest BCUT2D eigenvalue weighted by Crippen LogP contribution is -2.42. The van der Waals surface area contributed by atoms with E-state index < -0.39 is 0 Å². The second kappa shape index (κ2) is 7.62. The van der Waals surface area contributed by atoms with Crippen molar-refractivity contribution in [3.63, 3.8) is 0 Å². The van der Waals surface area contributed by atoms with E-state index in [0.717, 1.165) is 50.7 Å². The van der Waals surface area contributed by atoms with E-state index in [4.69, 9.17) is 9.47 Å². The molecule has 2 aliphatic rings. The van der Waals surface area contributed by atoms with Gasteiger partial charge in [-0.1, -0.05) is 6.07 Å². The molecule has 1 N–H and O–H groups in total. The predicted octanol–water partition coefficient (Wildman–Crippen LogP) is 1.34. The fourth-order valence-corrected chi connectivity index (χ4v) is 3.74. The molecule has 1 aromatic carbocycles. The molecule has 2 aliphatic heterocycles. The number of benzene rings is 1. The number of hydrogen-bond acceptors (Lipinski definition) is 5. The van der Waals surface area contributed by atoms with Crippen molar-refractivity contribution in [2.75, 3.05) is 46.5 Å². The highest BCUT2D eigenvalue weighted by Crippen LogP contribution is 2.24. The Morgan fingerprint density at radius 2 is 2.13 bits per heavy atom. The van der Waals surface area contributed by atoms with Crippen molar-refractivity contribution in [1.29, 1.82) is 0 Å². The molecule has 0 aliphatic carbocycles. The first kappa shape index (κ1) is 16.7. The van der Waals surface area contributed by atoms with E-state index in [1.54, 1.807) is 0 Å². The van der Waals surface area contributed by atoms with E-state index in [-0.39, 0.29) is 6.61 Å². The fourth-order valence-electron chi connectivity index (χ4n) is 3.74. The summed E-state index contributed by atoms with van der Waals surface area (Å²) >= 11 is 0. The Hall–Kier alpha value is -1.14. The zero-order chi connectivity index (χ0) is 16.2. The van der Waals surface area contributed by atoms with E-state index in [1.165, 1.54) is 5.56 Å². The Kier molecular flexibility index (Phi) is 5.54. The summed E-state index contributed by atoms with van der Waals surface area (Å²) in [6, 6.07) is 6.61. The van der Waals surface area contributed by atoms with Crippen LogP contribution >= 0.6 is 0 Å². The lowest BCUT2D eigenvalue weighted by atomic mass is 10.1. The summed E-state index contributed by atoms with van der Waals surface area (Å²) in [5, 5.41) is 9.59. The van der Waals surface area contributed by atoms with Gasteiger partial charge in [-0.15, -0.1) is 0 Å². The Labute approximate surface area is 138 Å². The third kappa shape index (κ3) is 4.04. The first-order valence-electron chi connectivity index (χ1n) is 8.55. The van der Waals surface area contributed by atoms with Crippen LogP contribution in [0.25, 0.3) is 0 Å². The summed E-state index contributed by atoms with van der Waals surface area (Å²) < 4.78 is 11.4. The zero-order valence-electron chi connectivity index (χ0n) is 14.2. The van der Waals surface area contributed by atoms with E-state index in [1.807, 2.05) is 13.0 Å². The molecule has 2 atom stereocenters. The van der Waals surface area contributed by atoms with Crippen LogP contribution in [-0.4, -0.2) is 67.5 Å². The average Bonchev–Trinajstić information content (AvgIpc) is 2.78. The minimum Gasteiger partial charge on any atom is -0.494 e. The van der Waals surface area contributed by atoms with Gasteiger partial charge in [-0.3, -0.25) is 4.90 Å². The third-order valence-corrected chi connectivity index (χ3v) is 4.75. The molecule has 2 fully saturated rings. The lowest BCUT2D eigenvalue weighted by Gasteiger charge is -2.29. The molecule has 0 unspecified atom stereocenters. The first-order chi connectivity index (χ1) is 11.2. The maximum atomic E-state index is 9.59. The number of hydrogen-bond donors (Lipinski definition) is 1. The highest BCUT2D eigenvalue weighted by atomic mass is 16.5. The molecule has 3 rings (SSSR count). The maximum absolute atomic E-state index is 9.59. The van der Waals surface area contributed by atoms with Crippen molar-refractivity contribution in [2.24, 2.45) is 5.92 Å². The number of ether oxygens (including phenoxy) is 2. The van der Waals surface area contributed by atoms with Gasteiger partial charge in [-0.25, -0.2) is 0 Å². The molecule has 0 spiro atoms. The number of fused-ring (bicyclic) bond motifs is 3. The Morgan fingerprint density at radius 3 is 2.91 bits per heavy atom. The van der Waals surface area contributed by atoms with Crippen LogP contribution in [0.1, 0.15) is 18.1 Å². The molecular formula is C18H28N2O3. The number of rotatable bonds is 5. The van der Waals surface area contributed by atoms with Gasteiger partial charge in [0.2, 0.25) is 0 Å². The van der Waals surface area contributed by atoms with Crippen LogP contribution in [0, 0.1) is 5.92 Å². The molecule has 2 bridgehead atoms. The lowest BCUT2D eigenvalue weighted by molar-refractivity contribution is 0.0562. The molecule has 23 heavy (non-hydrogen) atoms. The molecule has 2 saturated heterocycles. The summed E-state index contributed by atoms with van der Waals surface area (Å²) in [7, 11) is 2.20. The van der Waals surface area contributed by atoms with Gasteiger partial charge >= 0.3 is 0 Å². The molecule has 1 aromatic rings. The van der Waals surface area contributed by atoms with Crippen LogP contribution in [0.5, 0.6) is 5.75 Å². The highest BCUT2D eigenvalue weighted by molar-refractivity contribution is 5.37. The summed E-state index contributed by atoms with van der Waals surface area (Å²) in [6.07, 6.45) is 0. The van der Waals surface area contributed by atoms with Crippen LogP contribution in [0.2, 0.25) is 0 Å². The molecule has 5 heteroatoms. The zero-order valence-corrected chi connectivity index (χ0v) is 14.2. The minimum absolute atomic E-state index is 0.0150. The monoisotopic (exact) mass is 320 g/mol. The van der Waals surface area contributed by atoms with E-state index >= 15 is 0 Å². The van der Waals surface area contributed by atoms with E-state index in [9.17, 15) is 5.11 Å². The number of aliphatic hydroxyl groups is 1. The second-order valence-electron chi connectivity index (χ2n) is 6.74. The van der Waals surface area contributed by atoms with Crippen molar-refractivity contribution < 1.29 is 14.6 Å². The highest BCUT2D eigenvalue weighted by Gasteiger charge is 2.31. The standard InChI is InChI=1S/C18H28N2O3/c1-3-23-18-5-4-14(6-16(18)11-21)8-20-9-15-7-19(2)10-17(20)13-22-12-15/h4-6,15,17,21H,3,7-13H2,1-2H3/t15-,17-/m0/s1. The summed E-state index contributed by atoms with van der Waals surface area (Å²) in [5.41, 5.74) is 2.10. The van der Waals surface area contributed by atoms with Crippen LogP contribution in [0.3, 0.4) is 0 Å². The largest absolute Gasteiger partial charge is 0.494 e. The van der Waals surface area contributed by atoms with Gasteiger partial charge in [0.05, 0.1) is 26.4 Å². The molecule has 128 valence electrons. The van der Waals surface area contributed by atoms with Gasteiger partial charge in [0.25, 0.3) is 0 Å². The van der Waals surface area contributed by atoms with Gasteiger partial charge in [0.15, 0.2) is 0 Å². The van der Waals surface area contributed by atoms with Crippen molar-refractivity contribution in [2.45, 2.75) is 26.1 Å². The normalized spacial score (nSPS) is 26.0. The first-order valence-corrected chi connectivity index (χ1v) is 8.55. The minimum atomic E-state index is 0.0150. The summed E-state index contributed by atoms with van der Waals surface area (Å²) in [6.45, 7) is 8.41. The second-order valence-corrected chi connectivity index (χ2v) is 6.74. The number of nitrogens with zero attached hydrogens (tertiary/aromatic N) is 2. The van der Waals surface area contributed by atoms with Crippen LogP contribution in [0.15, 0.2) is 18.2 Å². The van der Waals surface area contributed by atoms with E-state index in [2.05, 4.69) is 29.0 Å². The van der Waals surface area contributed by atoms with Crippen molar-refractivity contribution in [1.82, 2.24) is 9.80 Å². The molecular weight excluding hydrogens is 292 g/mol. The molecule has 0 radical (unpaired) electrons. The van der Waals surface area contributed by atoms with Crippen LogP contribution in [-0.2, 0) is 17.9 Å². The topological polar surface area (TPSA) is 45.2 Å². The van der Waals surface area contributed by atoms with Gasteiger partial charge in [0, 0.05) is 43.7 Å². The average molecular weight is 320 g/mol. The Morgan fingerprint density at radius 1 is 1.26 bits per heavy atom. The Balaban J connectivity index is 1.75. The predicted molar refractivity (Wildman–Crippen MR) is 89.5 cm³/mol. The van der Waals surface area contributed by atoms with Crippen LogP contribution < -0.4 is 4.74 Å². The molecule has 2 heterocycles. The summed E-state index contributed by atoms with van der Waals surface area (Å²) in [4.78, 5) is 4.97. The summed E-state index contributed by atoms with van der Waals surface area (Å²) in [5.74, 6) is 1.36. The van der Waals surface area contributed by atoms with Gasteiger partial charge in [-0.05, 0) is 31.7 Å². The molecule has 5 nitrogen and oxygen atoms in total. The van der Waals surface area contributed by atoms with Gasteiger partial charge in [0.1, 0.15) is 5.75 Å². The maximum Gasteiger partial charge on any atom is 0.124 e. The van der Waals surface area contributed by atoms with Crippen LogP contribution in [0.4, 0.5) is 0 Å². The Bertz CT molecular complexity index is 523. The van der Waals surface area contributed by atoms with Crippen molar-refractivity contribution in [3.8, 4) is 5.75 Å².